The highest BCUT2D eigenvalue weighted by atomic mass is 35.5. The molecule has 0 unspecified atom stereocenters. The Morgan fingerprint density at radius 1 is 0.571 bits per heavy atom. The number of anilines is 2. The molecule has 0 bridgehead atoms. The van der Waals surface area contributed by atoms with Crippen molar-refractivity contribution in [1.82, 2.24) is 9.97 Å². The van der Waals surface area contributed by atoms with Crippen molar-refractivity contribution in [3.05, 3.63) is 90.0 Å². The lowest BCUT2D eigenvalue weighted by atomic mass is 10.1. The first kappa shape index (κ1) is 29.7. The van der Waals surface area contributed by atoms with Gasteiger partial charge in [-0.3, -0.25) is 0 Å². The maximum atomic E-state index is 6.27. The van der Waals surface area contributed by atoms with E-state index < -0.39 is 0 Å². The second-order valence-electron chi connectivity index (χ2n) is 10.5. The number of rotatable bonds is 12. The molecule has 2 aromatic heterocycles. The molecule has 0 aliphatic carbocycles. The van der Waals surface area contributed by atoms with Gasteiger partial charge in [-0.25, -0.2) is 9.97 Å². The molecular weight excluding hydrogens is 563 g/mol. The third kappa shape index (κ3) is 6.48. The highest BCUT2D eigenvalue weighted by Crippen LogP contribution is 2.34. The van der Waals surface area contributed by atoms with Gasteiger partial charge in [0.1, 0.15) is 5.75 Å². The Balaban J connectivity index is 0.00000353. The van der Waals surface area contributed by atoms with Crippen molar-refractivity contribution in [2.24, 2.45) is 0 Å². The lowest BCUT2D eigenvalue weighted by molar-refractivity contribution is 0.415. The number of nitrogens with zero attached hydrogens (tertiary/aromatic N) is 2. The first-order chi connectivity index (χ1) is 20.2. The molecule has 42 heavy (non-hydrogen) atoms. The Bertz CT molecular complexity index is 1770. The van der Waals surface area contributed by atoms with E-state index in [1.165, 1.54) is 42.1 Å². The molecule has 0 amide bonds. The molecule has 0 aliphatic heterocycles. The van der Waals surface area contributed by atoms with E-state index in [1.807, 2.05) is 24.3 Å². The molecule has 0 atom stereocenters. The quantitative estimate of drug-likeness (QED) is 0.108. The standard InChI is InChI=1S/C35H35ClN4O.ClH/c1-41-25-17-19-32-29(23-25)35(28-18-16-24(36)22-33(28)40-32)38-21-11-5-3-2-4-10-20-37-34-26-12-6-8-14-30(26)39-31-15-9-7-13-27(31)34;/h6-9,12-19,22-23H,2-5,10-11,20-21H2,1H3,(H,37,39)(H,38,40);1H. The van der Waals surface area contributed by atoms with Gasteiger partial charge in [-0.05, 0) is 61.4 Å². The van der Waals surface area contributed by atoms with Crippen LogP contribution < -0.4 is 15.4 Å². The Hall–Kier alpha value is -3.80. The Kier molecular flexibility index (Phi) is 9.83. The number of hydrogen-bond donors (Lipinski definition) is 2. The summed E-state index contributed by atoms with van der Waals surface area (Å²) in [5, 5.41) is 12.7. The minimum atomic E-state index is 0. The van der Waals surface area contributed by atoms with E-state index >= 15 is 0 Å². The molecule has 6 aromatic rings. The van der Waals surface area contributed by atoms with Gasteiger partial charge < -0.3 is 15.4 Å². The van der Waals surface area contributed by atoms with Gasteiger partial charge in [-0.2, -0.15) is 0 Å². The molecule has 0 aliphatic rings. The molecule has 0 spiro atoms. The zero-order valence-electron chi connectivity index (χ0n) is 23.8. The third-order valence-corrected chi connectivity index (χ3v) is 7.97. The van der Waals surface area contributed by atoms with Gasteiger partial charge in [0.25, 0.3) is 0 Å². The summed E-state index contributed by atoms with van der Waals surface area (Å²) in [5.74, 6) is 0.829. The average molecular weight is 600 g/mol. The number of para-hydroxylation sites is 2. The monoisotopic (exact) mass is 598 g/mol. The normalized spacial score (nSPS) is 11.2. The number of unbranched alkanes of at least 4 members (excludes halogenated alkanes) is 5. The molecule has 0 saturated carbocycles. The smallest absolute Gasteiger partial charge is 0.119 e. The van der Waals surface area contributed by atoms with E-state index in [1.54, 1.807) is 7.11 Å². The number of ether oxygens (including phenoxy) is 1. The van der Waals surface area contributed by atoms with Gasteiger partial charge in [-0.1, -0.05) is 73.7 Å². The van der Waals surface area contributed by atoms with Crippen molar-refractivity contribution in [2.75, 3.05) is 30.8 Å². The minimum absolute atomic E-state index is 0. The number of methoxy groups -OCH3 is 1. The molecule has 2 N–H and O–H groups in total. The summed E-state index contributed by atoms with van der Waals surface area (Å²) in [7, 11) is 1.70. The number of pyridine rings is 2. The van der Waals surface area contributed by atoms with Gasteiger partial charge in [-0.15, -0.1) is 12.4 Å². The molecule has 6 rings (SSSR count). The van der Waals surface area contributed by atoms with E-state index in [0.717, 1.165) is 70.2 Å². The predicted octanol–water partition coefficient (Wildman–Crippen LogP) is 10.0. The molecule has 5 nitrogen and oxygen atoms in total. The molecule has 4 aromatic carbocycles. The SMILES string of the molecule is COc1ccc2nc3cc(Cl)ccc3c(NCCCCCCCCNc3c4ccccc4nc4ccccc34)c2c1.Cl. The van der Waals surface area contributed by atoms with E-state index in [4.69, 9.17) is 26.3 Å². The highest BCUT2D eigenvalue weighted by Gasteiger charge is 2.11. The number of fused-ring (bicyclic) bond motifs is 4. The third-order valence-electron chi connectivity index (χ3n) is 7.74. The van der Waals surface area contributed by atoms with E-state index in [-0.39, 0.29) is 12.4 Å². The van der Waals surface area contributed by atoms with Crippen LogP contribution in [0.3, 0.4) is 0 Å². The van der Waals surface area contributed by atoms with Crippen molar-refractivity contribution in [1.29, 1.82) is 0 Å². The molecule has 0 saturated heterocycles. The van der Waals surface area contributed by atoms with E-state index in [2.05, 4.69) is 71.3 Å². The maximum absolute atomic E-state index is 6.27. The van der Waals surface area contributed by atoms with E-state index in [0.29, 0.717) is 5.02 Å². The summed E-state index contributed by atoms with van der Waals surface area (Å²) in [6, 6.07) is 28.7. The van der Waals surface area contributed by atoms with Crippen LogP contribution in [0.15, 0.2) is 84.9 Å². The summed E-state index contributed by atoms with van der Waals surface area (Å²) in [5.41, 5.74) is 6.22. The summed E-state index contributed by atoms with van der Waals surface area (Å²) >= 11 is 6.27. The number of nitrogens with one attached hydrogen (secondary N) is 2. The van der Waals surface area contributed by atoms with Crippen LogP contribution in [-0.2, 0) is 0 Å². The van der Waals surface area contributed by atoms with Crippen LogP contribution in [0.5, 0.6) is 5.75 Å². The van der Waals surface area contributed by atoms with E-state index in [9.17, 15) is 0 Å². The zero-order chi connectivity index (χ0) is 28.0. The van der Waals surface area contributed by atoms with Gasteiger partial charge in [0.15, 0.2) is 0 Å². The molecule has 7 heteroatoms. The largest absolute Gasteiger partial charge is 0.497 e. The predicted molar refractivity (Wildman–Crippen MR) is 182 cm³/mol. The number of aromatic nitrogens is 2. The average Bonchev–Trinajstić information content (AvgIpc) is 3.00. The Morgan fingerprint density at radius 3 is 1.74 bits per heavy atom. The fourth-order valence-corrected chi connectivity index (χ4v) is 5.79. The first-order valence-electron chi connectivity index (χ1n) is 14.5. The summed E-state index contributed by atoms with van der Waals surface area (Å²) in [4.78, 5) is 9.66. The zero-order valence-corrected chi connectivity index (χ0v) is 25.4. The van der Waals surface area contributed by atoms with Crippen LogP contribution in [0, 0.1) is 0 Å². The maximum Gasteiger partial charge on any atom is 0.119 e. The molecule has 2 heterocycles. The van der Waals surface area contributed by atoms with Crippen LogP contribution >= 0.6 is 24.0 Å². The van der Waals surface area contributed by atoms with Crippen molar-refractivity contribution < 1.29 is 4.74 Å². The minimum Gasteiger partial charge on any atom is -0.497 e. The van der Waals surface area contributed by atoms with Crippen molar-refractivity contribution in [3.8, 4) is 5.75 Å². The summed E-state index contributed by atoms with van der Waals surface area (Å²) < 4.78 is 5.49. The fourth-order valence-electron chi connectivity index (χ4n) is 5.63. The lowest BCUT2D eigenvalue weighted by Crippen LogP contribution is -2.04. The number of hydrogen-bond acceptors (Lipinski definition) is 5. The van der Waals surface area contributed by atoms with Crippen molar-refractivity contribution >= 4 is 79.0 Å². The van der Waals surface area contributed by atoms with Crippen molar-refractivity contribution in [2.45, 2.75) is 38.5 Å². The van der Waals surface area contributed by atoms with Crippen LogP contribution in [0.25, 0.3) is 43.6 Å². The topological polar surface area (TPSA) is 59.1 Å². The van der Waals surface area contributed by atoms with Crippen molar-refractivity contribution in [3.63, 3.8) is 0 Å². The molecule has 216 valence electrons. The van der Waals surface area contributed by atoms with Gasteiger partial charge in [0, 0.05) is 39.7 Å². The first-order valence-corrected chi connectivity index (χ1v) is 14.9. The number of halogens is 2. The van der Waals surface area contributed by atoms with Crippen LogP contribution in [0.1, 0.15) is 38.5 Å². The lowest BCUT2D eigenvalue weighted by Gasteiger charge is -2.14. The van der Waals surface area contributed by atoms with Gasteiger partial charge in [0.05, 0.1) is 40.6 Å². The summed E-state index contributed by atoms with van der Waals surface area (Å²) in [6.45, 7) is 1.88. The fraction of sp³-hybridized carbons (Fsp3) is 0.257. The highest BCUT2D eigenvalue weighted by molar-refractivity contribution is 6.31. The van der Waals surface area contributed by atoms with Crippen LogP contribution in [-0.4, -0.2) is 30.2 Å². The van der Waals surface area contributed by atoms with Gasteiger partial charge in [0.2, 0.25) is 0 Å². The van der Waals surface area contributed by atoms with Gasteiger partial charge >= 0.3 is 0 Å². The van der Waals surface area contributed by atoms with Crippen LogP contribution in [0.4, 0.5) is 11.4 Å². The molecular formula is C35H36Cl2N4O. The summed E-state index contributed by atoms with van der Waals surface area (Å²) in [6.07, 6.45) is 7.19. The Labute approximate surface area is 258 Å². The number of benzene rings is 4. The second kappa shape index (κ2) is 13.9. The molecule has 0 radical (unpaired) electrons. The second-order valence-corrected chi connectivity index (χ2v) is 11.0. The molecule has 0 fully saturated rings. The Morgan fingerprint density at radius 2 is 1.10 bits per heavy atom. The van der Waals surface area contributed by atoms with Crippen LogP contribution in [0.2, 0.25) is 5.02 Å².